The van der Waals surface area contributed by atoms with Crippen molar-refractivity contribution < 1.29 is 14.3 Å². The molecule has 0 radical (unpaired) electrons. The van der Waals surface area contributed by atoms with Crippen LogP contribution in [0.2, 0.25) is 0 Å². The molecule has 0 aliphatic rings. The molecule has 0 saturated heterocycles. The van der Waals surface area contributed by atoms with Crippen LogP contribution in [0.25, 0.3) is 0 Å². The summed E-state index contributed by atoms with van der Waals surface area (Å²) in [6, 6.07) is 18.5. The van der Waals surface area contributed by atoms with Crippen LogP contribution in [0.3, 0.4) is 0 Å². The van der Waals surface area contributed by atoms with Crippen LogP contribution in [0.5, 0.6) is 11.5 Å². The van der Waals surface area contributed by atoms with E-state index in [0.717, 1.165) is 28.8 Å². The van der Waals surface area contributed by atoms with Crippen LogP contribution in [0.4, 0.5) is 10.5 Å². The molecule has 3 N–H and O–H groups in total. The zero-order chi connectivity index (χ0) is 23.1. The van der Waals surface area contributed by atoms with Crippen LogP contribution in [0.15, 0.2) is 60.7 Å². The number of ether oxygens (including phenoxy) is 1. The molecule has 3 amide bonds. The third-order valence-electron chi connectivity index (χ3n) is 5.13. The first-order chi connectivity index (χ1) is 15.4. The number of rotatable bonds is 7. The number of nitrogens with one attached hydrogen (secondary N) is 3. The lowest BCUT2D eigenvalue weighted by atomic mass is 10.1. The normalized spacial score (nSPS) is 10.4. The van der Waals surface area contributed by atoms with Crippen molar-refractivity contribution in [2.24, 2.45) is 0 Å². The Morgan fingerprint density at radius 1 is 0.969 bits per heavy atom. The molecule has 0 atom stereocenters. The Hall–Kier alpha value is -3.80. The monoisotopic (exact) mass is 431 g/mol. The quantitative estimate of drug-likeness (QED) is 0.472. The molecule has 3 rings (SSSR count). The zero-order valence-corrected chi connectivity index (χ0v) is 18.9. The van der Waals surface area contributed by atoms with Crippen molar-refractivity contribution >= 4 is 17.6 Å². The molecule has 3 aromatic rings. The summed E-state index contributed by atoms with van der Waals surface area (Å²) in [6.07, 6.45) is 0.851. The van der Waals surface area contributed by atoms with Crippen LogP contribution in [0, 0.1) is 13.8 Å². The van der Waals surface area contributed by atoms with E-state index in [-0.39, 0.29) is 11.9 Å². The molecule has 0 aliphatic carbocycles. The lowest BCUT2D eigenvalue weighted by molar-refractivity contribution is 0.0962. The number of benzene rings is 3. The summed E-state index contributed by atoms with van der Waals surface area (Å²) in [5.41, 5.74) is 5.54. The second kappa shape index (κ2) is 10.5. The SMILES string of the molecule is CCc1cc(C)ccc1NC(=O)NCc1ccc(Oc2cccc(C(=O)NC)c2)c(C)c1. The molecule has 0 saturated carbocycles. The highest BCUT2D eigenvalue weighted by Crippen LogP contribution is 2.26. The Kier molecular flexibility index (Phi) is 7.49. The van der Waals surface area contributed by atoms with Gasteiger partial charge in [0, 0.05) is 24.8 Å². The van der Waals surface area contributed by atoms with Crippen LogP contribution in [-0.2, 0) is 13.0 Å². The van der Waals surface area contributed by atoms with Crippen molar-refractivity contribution in [2.75, 3.05) is 12.4 Å². The standard InChI is InChI=1S/C26H29N3O3/c1-5-20-13-17(2)9-11-23(20)29-26(31)28-16-19-10-12-24(18(3)14-19)32-22-8-6-7-21(15-22)25(30)27-4/h6-15H,5,16H2,1-4H3,(H,27,30)(H2,28,29,31). The average Bonchev–Trinajstić information content (AvgIpc) is 2.80. The highest BCUT2D eigenvalue weighted by atomic mass is 16.5. The van der Waals surface area contributed by atoms with Gasteiger partial charge in [-0.05, 0) is 67.3 Å². The predicted octanol–water partition coefficient (Wildman–Crippen LogP) is 5.34. The minimum absolute atomic E-state index is 0.163. The summed E-state index contributed by atoms with van der Waals surface area (Å²) in [7, 11) is 1.59. The van der Waals surface area contributed by atoms with Crippen LogP contribution in [-0.4, -0.2) is 19.0 Å². The van der Waals surface area contributed by atoms with E-state index in [0.29, 0.717) is 23.6 Å². The maximum atomic E-state index is 12.4. The first kappa shape index (κ1) is 22.9. The molecule has 3 aromatic carbocycles. The van der Waals surface area contributed by atoms with Crippen molar-refractivity contribution in [1.29, 1.82) is 0 Å². The molecular weight excluding hydrogens is 402 g/mol. The molecular formula is C26H29N3O3. The molecule has 6 nitrogen and oxygen atoms in total. The van der Waals surface area contributed by atoms with Gasteiger partial charge in [0.1, 0.15) is 11.5 Å². The molecule has 0 spiro atoms. The summed E-state index contributed by atoms with van der Waals surface area (Å²) in [5, 5.41) is 8.43. The maximum Gasteiger partial charge on any atom is 0.319 e. The number of carbonyl (C=O) groups excluding carboxylic acids is 2. The van der Waals surface area contributed by atoms with Crippen molar-refractivity contribution in [1.82, 2.24) is 10.6 Å². The number of carbonyl (C=O) groups is 2. The fourth-order valence-corrected chi connectivity index (χ4v) is 3.39. The van der Waals surface area contributed by atoms with Gasteiger partial charge in [0.25, 0.3) is 5.91 Å². The van der Waals surface area contributed by atoms with E-state index in [2.05, 4.69) is 28.9 Å². The smallest absolute Gasteiger partial charge is 0.319 e. The minimum atomic E-state index is -0.243. The third kappa shape index (κ3) is 5.88. The average molecular weight is 432 g/mol. The van der Waals surface area contributed by atoms with Crippen molar-refractivity contribution in [3.05, 3.63) is 88.5 Å². The highest BCUT2D eigenvalue weighted by molar-refractivity contribution is 5.94. The number of aryl methyl sites for hydroxylation is 3. The molecule has 0 fully saturated rings. The van der Waals surface area contributed by atoms with E-state index in [1.807, 2.05) is 44.2 Å². The van der Waals surface area contributed by atoms with E-state index < -0.39 is 0 Å². The molecule has 0 unspecified atom stereocenters. The molecule has 0 bridgehead atoms. The van der Waals surface area contributed by atoms with E-state index in [9.17, 15) is 9.59 Å². The summed E-state index contributed by atoms with van der Waals surface area (Å²) < 4.78 is 5.96. The summed E-state index contributed by atoms with van der Waals surface area (Å²) in [5.74, 6) is 1.12. The molecule has 6 heteroatoms. The zero-order valence-electron chi connectivity index (χ0n) is 18.9. The summed E-state index contributed by atoms with van der Waals surface area (Å²) >= 11 is 0. The van der Waals surface area contributed by atoms with Crippen molar-refractivity contribution in [2.45, 2.75) is 33.7 Å². The number of amides is 3. The van der Waals surface area contributed by atoms with Gasteiger partial charge in [-0.1, -0.05) is 42.8 Å². The number of hydrogen-bond donors (Lipinski definition) is 3. The van der Waals surface area contributed by atoms with Gasteiger partial charge in [-0.15, -0.1) is 0 Å². The van der Waals surface area contributed by atoms with Crippen molar-refractivity contribution in [3.63, 3.8) is 0 Å². The Labute approximate surface area is 189 Å². The van der Waals surface area contributed by atoms with E-state index in [1.165, 1.54) is 5.56 Å². The van der Waals surface area contributed by atoms with E-state index in [4.69, 9.17) is 4.74 Å². The number of hydrogen-bond acceptors (Lipinski definition) is 3. The molecule has 166 valence electrons. The lowest BCUT2D eigenvalue weighted by Gasteiger charge is -2.13. The first-order valence-electron chi connectivity index (χ1n) is 10.6. The Morgan fingerprint density at radius 3 is 2.50 bits per heavy atom. The van der Waals surface area contributed by atoms with Crippen LogP contribution in [0.1, 0.15) is 39.5 Å². The van der Waals surface area contributed by atoms with Gasteiger partial charge >= 0.3 is 6.03 Å². The maximum absolute atomic E-state index is 12.4. The Morgan fingerprint density at radius 2 is 1.78 bits per heavy atom. The van der Waals surface area contributed by atoms with Gasteiger partial charge in [-0.3, -0.25) is 4.79 Å². The Bertz CT molecular complexity index is 1130. The largest absolute Gasteiger partial charge is 0.457 e. The highest BCUT2D eigenvalue weighted by Gasteiger charge is 2.09. The second-order valence-corrected chi connectivity index (χ2v) is 7.63. The summed E-state index contributed by atoms with van der Waals surface area (Å²) in [4.78, 5) is 24.2. The molecule has 0 heterocycles. The molecule has 0 aliphatic heterocycles. The number of urea groups is 1. The van der Waals surface area contributed by atoms with Gasteiger partial charge < -0.3 is 20.7 Å². The molecule has 32 heavy (non-hydrogen) atoms. The summed E-state index contributed by atoms with van der Waals surface area (Å²) in [6.45, 7) is 6.45. The number of anilines is 1. The first-order valence-corrected chi connectivity index (χ1v) is 10.6. The van der Waals surface area contributed by atoms with Gasteiger partial charge in [0.2, 0.25) is 0 Å². The molecule has 0 aromatic heterocycles. The second-order valence-electron chi connectivity index (χ2n) is 7.63. The van der Waals surface area contributed by atoms with Crippen LogP contribution < -0.4 is 20.7 Å². The van der Waals surface area contributed by atoms with Gasteiger partial charge in [-0.2, -0.15) is 0 Å². The van der Waals surface area contributed by atoms with E-state index in [1.54, 1.807) is 31.3 Å². The lowest BCUT2D eigenvalue weighted by Crippen LogP contribution is -2.28. The Balaban J connectivity index is 1.61. The fourth-order valence-electron chi connectivity index (χ4n) is 3.39. The van der Waals surface area contributed by atoms with Gasteiger partial charge in [0.15, 0.2) is 0 Å². The fraction of sp³-hybridized carbons (Fsp3) is 0.231. The topological polar surface area (TPSA) is 79.5 Å². The van der Waals surface area contributed by atoms with Gasteiger partial charge in [-0.25, -0.2) is 4.79 Å². The minimum Gasteiger partial charge on any atom is -0.457 e. The van der Waals surface area contributed by atoms with Crippen LogP contribution >= 0.6 is 0 Å². The van der Waals surface area contributed by atoms with Crippen molar-refractivity contribution in [3.8, 4) is 11.5 Å². The van der Waals surface area contributed by atoms with Gasteiger partial charge in [0.05, 0.1) is 0 Å². The third-order valence-corrected chi connectivity index (χ3v) is 5.13. The van der Waals surface area contributed by atoms with E-state index >= 15 is 0 Å². The predicted molar refractivity (Wildman–Crippen MR) is 128 cm³/mol.